The molecule has 4 amide bonds. The maximum atomic E-state index is 13.7. The van der Waals surface area contributed by atoms with Gasteiger partial charge in [-0.2, -0.15) is 0 Å². The average molecular weight is 601 g/mol. The Bertz CT molecular complexity index is 1460. The summed E-state index contributed by atoms with van der Waals surface area (Å²) >= 11 is 0. The van der Waals surface area contributed by atoms with Crippen LogP contribution in [0.25, 0.3) is 10.8 Å². The SMILES string of the molecule is CC(C)C[C@H](NC(=O)[C@H](Cc1ccc2ccccc2c1)NC(=O)OCc1ccccc1)C(=O)N[C@H](C=O)C[C@@H]1CCNC1=O. The number of nitrogens with one attached hydrogen (secondary N) is 4. The number of alkyl carbamates (subject to hydrolysis) is 1. The molecule has 1 aliphatic rings. The van der Waals surface area contributed by atoms with Gasteiger partial charge in [0, 0.05) is 18.9 Å². The van der Waals surface area contributed by atoms with Crippen molar-refractivity contribution in [2.45, 2.75) is 64.3 Å². The van der Waals surface area contributed by atoms with Crippen molar-refractivity contribution in [3.63, 3.8) is 0 Å². The summed E-state index contributed by atoms with van der Waals surface area (Å²) in [5.41, 5.74) is 1.61. The summed E-state index contributed by atoms with van der Waals surface area (Å²) in [5.74, 6) is -1.56. The zero-order valence-electron chi connectivity index (χ0n) is 25.1. The number of aldehydes is 1. The first-order valence-electron chi connectivity index (χ1n) is 15.0. The van der Waals surface area contributed by atoms with Gasteiger partial charge in [0.25, 0.3) is 0 Å². The number of benzene rings is 3. The molecule has 1 fully saturated rings. The lowest BCUT2D eigenvalue weighted by atomic mass is 9.97. The van der Waals surface area contributed by atoms with Crippen LogP contribution in [0.15, 0.2) is 72.8 Å². The highest BCUT2D eigenvalue weighted by Crippen LogP contribution is 2.18. The number of amides is 4. The predicted octanol–water partition coefficient (Wildman–Crippen LogP) is 3.42. The zero-order chi connectivity index (χ0) is 31.5. The van der Waals surface area contributed by atoms with Crippen LogP contribution in [0, 0.1) is 11.8 Å². The fourth-order valence-electron chi connectivity index (χ4n) is 5.30. The standard InChI is InChI=1S/C34H40N4O6/c1-22(2)16-29(32(41)36-28(20-39)19-27-14-15-35-31(27)40)37-33(42)30(38-34(43)44-21-23-8-4-3-5-9-23)18-24-12-13-25-10-6-7-11-26(25)17-24/h3-13,17,20,22,27-30H,14-16,18-19,21H2,1-2H3,(H,35,40)(H,36,41)(H,37,42)(H,38,43)/t27-,28-,29-,30-/m0/s1. The molecule has 4 rings (SSSR count). The van der Waals surface area contributed by atoms with E-state index in [9.17, 15) is 24.0 Å². The van der Waals surface area contributed by atoms with E-state index in [1.807, 2.05) is 86.6 Å². The molecule has 3 aromatic rings. The minimum absolute atomic E-state index is 0.0292. The van der Waals surface area contributed by atoms with Crippen molar-refractivity contribution in [3.05, 3.63) is 83.9 Å². The molecule has 4 atom stereocenters. The number of hydrogen-bond donors (Lipinski definition) is 4. The Balaban J connectivity index is 1.48. The normalized spacial score (nSPS) is 16.4. The van der Waals surface area contributed by atoms with Gasteiger partial charge in [0.05, 0.1) is 6.04 Å². The fraction of sp³-hybridized carbons (Fsp3) is 0.382. The summed E-state index contributed by atoms with van der Waals surface area (Å²) in [4.78, 5) is 63.7. The molecule has 10 heteroatoms. The number of ether oxygens (including phenoxy) is 1. The summed E-state index contributed by atoms with van der Waals surface area (Å²) in [6.07, 6.45) is 1.08. The lowest BCUT2D eigenvalue weighted by molar-refractivity contribution is -0.131. The molecule has 0 radical (unpaired) electrons. The van der Waals surface area contributed by atoms with Crippen molar-refractivity contribution < 1.29 is 28.7 Å². The Labute approximate surface area is 257 Å². The van der Waals surface area contributed by atoms with Gasteiger partial charge < -0.3 is 30.8 Å². The van der Waals surface area contributed by atoms with E-state index in [-0.39, 0.29) is 37.2 Å². The molecule has 10 nitrogen and oxygen atoms in total. The number of rotatable bonds is 14. The van der Waals surface area contributed by atoms with Crippen LogP contribution in [-0.4, -0.2) is 54.8 Å². The summed E-state index contributed by atoms with van der Waals surface area (Å²) in [5, 5.41) is 12.9. The number of carbonyl (C=O) groups is 5. The van der Waals surface area contributed by atoms with Crippen molar-refractivity contribution in [2.24, 2.45) is 11.8 Å². The molecule has 0 aliphatic carbocycles. The van der Waals surface area contributed by atoms with Gasteiger partial charge in [-0.05, 0) is 47.1 Å². The van der Waals surface area contributed by atoms with Crippen LogP contribution < -0.4 is 21.3 Å². The first-order chi connectivity index (χ1) is 21.2. The second-order valence-corrected chi connectivity index (χ2v) is 11.6. The van der Waals surface area contributed by atoms with E-state index in [4.69, 9.17) is 4.74 Å². The average Bonchev–Trinajstić information content (AvgIpc) is 3.42. The van der Waals surface area contributed by atoms with Gasteiger partial charge in [0.1, 0.15) is 25.0 Å². The molecule has 1 heterocycles. The molecule has 1 saturated heterocycles. The van der Waals surface area contributed by atoms with Gasteiger partial charge in [0.15, 0.2) is 0 Å². The topological polar surface area (TPSA) is 143 Å². The van der Waals surface area contributed by atoms with Gasteiger partial charge >= 0.3 is 6.09 Å². The van der Waals surface area contributed by atoms with Crippen molar-refractivity contribution >= 4 is 40.9 Å². The summed E-state index contributed by atoms with van der Waals surface area (Å²) in [7, 11) is 0. The van der Waals surface area contributed by atoms with Crippen LogP contribution >= 0.6 is 0 Å². The van der Waals surface area contributed by atoms with Gasteiger partial charge in [-0.3, -0.25) is 14.4 Å². The van der Waals surface area contributed by atoms with E-state index in [1.54, 1.807) is 0 Å². The van der Waals surface area contributed by atoms with E-state index < -0.39 is 36.0 Å². The van der Waals surface area contributed by atoms with E-state index in [0.29, 0.717) is 25.7 Å². The van der Waals surface area contributed by atoms with Gasteiger partial charge in [-0.1, -0.05) is 86.6 Å². The van der Waals surface area contributed by atoms with Gasteiger partial charge in [-0.25, -0.2) is 4.79 Å². The molecular formula is C34H40N4O6. The van der Waals surface area contributed by atoms with E-state index >= 15 is 0 Å². The van der Waals surface area contributed by atoms with Crippen LogP contribution in [0.4, 0.5) is 4.79 Å². The van der Waals surface area contributed by atoms with Crippen molar-refractivity contribution in [2.75, 3.05) is 6.54 Å². The first kappa shape index (κ1) is 32.2. The Kier molecular flexibility index (Phi) is 11.5. The molecule has 0 bridgehead atoms. The fourth-order valence-corrected chi connectivity index (χ4v) is 5.30. The third-order valence-electron chi connectivity index (χ3n) is 7.61. The molecule has 0 aromatic heterocycles. The van der Waals surface area contributed by atoms with Crippen LogP contribution in [0.1, 0.15) is 44.2 Å². The van der Waals surface area contributed by atoms with Crippen LogP contribution in [0.2, 0.25) is 0 Å². The second kappa shape index (κ2) is 15.7. The van der Waals surface area contributed by atoms with E-state index in [2.05, 4.69) is 21.3 Å². The predicted molar refractivity (Wildman–Crippen MR) is 166 cm³/mol. The molecule has 44 heavy (non-hydrogen) atoms. The van der Waals surface area contributed by atoms with Crippen molar-refractivity contribution in [1.29, 1.82) is 0 Å². The Morgan fingerprint density at radius 1 is 0.886 bits per heavy atom. The lowest BCUT2D eigenvalue weighted by Crippen LogP contribution is -2.56. The zero-order valence-corrected chi connectivity index (χ0v) is 25.1. The number of hydrogen-bond acceptors (Lipinski definition) is 6. The molecule has 3 aromatic carbocycles. The second-order valence-electron chi connectivity index (χ2n) is 11.6. The highest BCUT2D eigenvalue weighted by molar-refractivity contribution is 5.92. The van der Waals surface area contributed by atoms with Gasteiger partial charge in [0.2, 0.25) is 17.7 Å². The van der Waals surface area contributed by atoms with Crippen LogP contribution in [0.5, 0.6) is 0 Å². The Morgan fingerprint density at radius 2 is 1.59 bits per heavy atom. The van der Waals surface area contributed by atoms with Crippen LogP contribution in [0.3, 0.4) is 0 Å². The van der Waals surface area contributed by atoms with Crippen molar-refractivity contribution in [3.8, 4) is 0 Å². The molecule has 0 saturated carbocycles. The number of fused-ring (bicyclic) bond motifs is 1. The third-order valence-corrected chi connectivity index (χ3v) is 7.61. The maximum Gasteiger partial charge on any atom is 0.408 e. The highest BCUT2D eigenvalue weighted by atomic mass is 16.5. The molecule has 232 valence electrons. The van der Waals surface area contributed by atoms with Crippen LogP contribution in [-0.2, 0) is 36.9 Å². The maximum absolute atomic E-state index is 13.7. The minimum Gasteiger partial charge on any atom is -0.445 e. The van der Waals surface area contributed by atoms with E-state index in [1.165, 1.54) is 0 Å². The first-order valence-corrected chi connectivity index (χ1v) is 15.0. The summed E-state index contributed by atoms with van der Waals surface area (Å²) in [6, 6.07) is 19.9. The largest absolute Gasteiger partial charge is 0.445 e. The van der Waals surface area contributed by atoms with E-state index in [0.717, 1.165) is 21.9 Å². The van der Waals surface area contributed by atoms with Crippen molar-refractivity contribution in [1.82, 2.24) is 21.3 Å². The molecular weight excluding hydrogens is 560 g/mol. The summed E-state index contributed by atoms with van der Waals surface area (Å²) < 4.78 is 5.39. The molecule has 0 spiro atoms. The third kappa shape index (κ3) is 9.39. The Hall–Kier alpha value is -4.73. The highest BCUT2D eigenvalue weighted by Gasteiger charge is 2.31. The van der Waals surface area contributed by atoms with Gasteiger partial charge in [-0.15, -0.1) is 0 Å². The Morgan fingerprint density at radius 3 is 2.27 bits per heavy atom. The lowest BCUT2D eigenvalue weighted by Gasteiger charge is -2.25. The molecule has 4 N–H and O–H groups in total. The smallest absolute Gasteiger partial charge is 0.408 e. The molecule has 0 unspecified atom stereocenters. The monoisotopic (exact) mass is 600 g/mol. The minimum atomic E-state index is -1.05. The number of carbonyl (C=O) groups excluding carboxylic acids is 5. The quantitative estimate of drug-likeness (QED) is 0.209. The molecule has 1 aliphatic heterocycles. The summed E-state index contributed by atoms with van der Waals surface area (Å²) in [6.45, 7) is 4.40.